The van der Waals surface area contributed by atoms with Crippen LogP contribution in [0.5, 0.6) is 0 Å². The molecule has 4 heteroatoms. The number of aliphatic hydroxyl groups excluding tert-OH is 2. The molecule has 2 rings (SSSR count). The maximum atomic E-state index is 12.3. The topological polar surface area (TPSA) is 60.8 Å². The molecular formula is C27H43NO3. The van der Waals surface area contributed by atoms with Crippen LogP contribution in [0.15, 0.2) is 23.8 Å². The molecule has 2 aliphatic carbocycles. The van der Waals surface area contributed by atoms with E-state index in [0.717, 1.165) is 32.1 Å². The fourth-order valence-corrected chi connectivity index (χ4v) is 4.86. The summed E-state index contributed by atoms with van der Waals surface area (Å²) in [6.45, 7) is 10.00. The highest BCUT2D eigenvalue weighted by molar-refractivity contribution is 5.76. The van der Waals surface area contributed by atoms with E-state index in [-0.39, 0.29) is 29.4 Å². The second-order valence-corrected chi connectivity index (χ2v) is 10.6. The quantitative estimate of drug-likeness (QED) is 0.334. The van der Waals surface area contributed by atoms with Crippen LogP contribution in [0.1, 0.15) is 79.6 Å². The van der Waals surface area contributed by atoms with Crippen LogP contribution in [0.2, 0.25) is 0 Å². The van der Waals surface area contributed by atoms with Crippen molar-refractivity contribution < 1.29 is 15.0 Å². The van der Waals surface area contributed by atoms with E-state index < -0.39 is 6.10 Å². The van der Waals surface area contributed by atoms with E-state index in [9.17, 15) is 15.0 Å². The molecule has 0 aliphatic heterocycles. The van der Waals surface area contributed by atoms with Crippen molar-refractivity contribution in [3.05, 3.63) is 23.8 Å². The molecule has 0 saturated heterocycles. The van der Waals surface area contributed by atoms with Gasteiger partial charge in [-0.05, 0) is 77.6 Å². The van der Waals surface area contributed by atoms with Crippen molar-refractivity contribution in [2.45, 2.75) is 97.3 Å². The zero-order valence-electron chi connectivity index (χ0n) is 20.4. The normalized spacial score (nSPS) is 29.0. The molecule has 0 aromatic heterocycles. The molecule has 4 nitrogen and oxygen atoms in total. The van der Waals surface area contributed by atoms with Gasteiger partial charge in [0.15, 0.2) is 0 Å². The Morgan fingerprint density at radius 3 is 2.68 bits per heavy atom. The van der Waals surface area contributed by atoms with E-state index >= 15 is 0 Å². The Labute approximate surface area is 189 Å². The van der Waals surface area contributed by atoms with Gasteiger partial charge in [0.2, 0.25) is 5.91 Å². The molecule has 1 amide bonds. The molecule has 31 heavy (non-hydrogen) atoms. The minimum atomic E-state index is -0.521. The number of unbranched alkanes of at least 4 members (excludes halogenated alkanes) is 1. The smallest absolute Gasteiger partial charge is 0.222 e. The lowest BCUT2D eigenvalue weighted by molar-refractivity contribution is -0.134. The Kier molecular flexibility index (Phi) is 9.40. The summed E-state index contributed by atoms with van der Waals surface area (Å²) in [4.78, 5) is 14.1. The summed E-state index contributed by atoms with van der Waals surface area (Å²) in [7, 11) is 1.88. The van der Waals surface area contributed by atoms with Gasteiger partial charge in [0.25, 0.3) is 0 Å². The molecule has 0 spiro atoms. The molecule has 2 fully saturated rings. The Morgan fingerprint density at radius 1 is 1.32 bits per heavy atom. The summed E-state index contributed by atoms with van der Waals surface area (Å²) in [5, 5.41) is 20.9. The number of fused-ring (bicyclic) bond motifs is 1. The van der Waals surface area contributed by atoms with Crippen LogP contribution in [0.3, 0.4) is 0 Å². The van der Waals surface area contributed by atoms with Gasteiger partial charge in [-0.15, -0.1) is 11.8 Å². The van der Waals surface area contributed by atoms with Gasteiger partial charge in [-0.1, -0.05) is 30.7 Å². The molecule has 0 radical (unpaired) electrons. The number of hydrogen-bond acceptors (Lipinski definition) is 3. The first-order valence-electron chi connectivity index (χ1n) is 11.9. The summed E-state index contributed by atoms with van der Waals surface area (Å²) in [6, 6.07) is 0. The Hall–Kier alpha value is -1.57. The third-order valence-corrected chi connectivity index (χ3v) is 7.23. The zero-order valence-corrected chi connectivity index (χ0v) is 20.4. The number of rotatable bonds is 8. The predicted octanol–water partition coefficient (Wildman–Crippen LogP) is 4.71. The molecule has 174 valence electrons. The molecule has 0 bridgehead atoms. The van der Waals surface area contributed by atoms with E-state index in [0.29, 0.717) is 24.7 Å². The van der Waals surface area contributed by atoms with Gasteiger partial charge in [-0.25, -0.2) is 0 Å². The Morgan fingerprint density at radius 2 is 2.03 bits per heavy atom. The van der Waals surface area contributed by atoms with E-state index in [1.54, 1.807) is 0 Å². The summed E-state index contributed by atoms with van der Waals surface area (Å²) in [5.41, 5.74) is 1.35. The SMILES string of the molecule is CC#CC[C@H](C)[C@H](O)C=C[C@@H]1[C@H]2CC(=CCCCC(=O)N(C)C(C)(C)C)C[C@H]2C[C@H]1O. The molecule has 0 unspecified atom stereocenters. The highest BCUT2D eigenvalue weighted by atomic mass is 16.3. The average Bonchev–Trinajstić information content (AvgIpc) is 3.22. The number of allylic oxidation sites excluding steroid dienone is 2. The molecule has 0 aromatic carbocycles. The van der Waals surface area contributed by atoms with E-state index in [1.165, 1.54) is 5.57 Å². The van der Waals surface area contributed by atoms with Gasteiger partial charge in [-0.2, -0.15) is 0 Å². The lowest BCUT2D eigenvalue weighted by Crippen LogP contribution is -2.42. The first-order valence-corrected chi connectivity index (χ1v) is 11.9. The van der Waals surface area contributed by atoms with E-state index in [2.05, 4.69) is 44.8 Å². The van der Waals surface area contributed by atoms with E-state index in [4.69, 9.17) is 0 Å². The molecule has 2 saturated carbocycles. The van der Waals surface area contributed by atoms with Crippen LogP contribution in [0.25, 0.3) is 0 Å². The maximum Gasteiger partial charge on any atom is 0.222 e. The number of amides is 1. The number of hydrogen-bond donors (Lipinski definition) is 2. The lowest BCUT2D eigenvalue weighted by Gasteiger charge is -2.32. The number of carbonyl (C=O) groups excluding carboxylic acids is 1. The summed E-state index contributed by atoms with van der Waals surface area (Å²) < 4.78 is 0. The van der Waals surface area contributed by atoms with Crippen LogP contribution in [-0.2, 0) is 4.79 Å². The predicted molar refractivity (Wildman–Crippen MR) is 127 cm³/mol. The molecule has 6 atom stereocenters. The van der Waals surface area contributed by atoms with Gasteiger partial charge in [-0.3, -0.25) is 4.79 Å². The minimum absolute atomic E-state index is 0.0946. The van der Waals surface area contributed by atoms with Gasteiger partial charge in [0, 0.05) is 31.3 Å². The highest BCUT2D eigenvalue weighted by Crippen LogP contribution is 2.50. The molecule has 0 aromatic rings. The van der Waals surface area contributed by atoms with Gasteiger partial charge in [0.1, 0.15) is 0 Å². The molecule has 2 N–H and O–H groups in total. The standard InChI is InChI=1S/C27H43NO3/c1-7-8-11-19(2)24(29)15-14-22-23-17-20(16-21(23)18-25(22)30)12-9-10-13-26(31)28(6)27(3,4)5/h12,14-15,19,21-25,29-30H,9-11,13,16-18H2,1-6H3/t19-,21-,22+,23-,24+,25+/m0/s1. The third-order valence-electron chi connectivity index (χ3n) is 7.23. The summed E-state index contributed by atoms with van der Waals surface area (Å²) in [6.07, 6.45) is 11.5. The van der Waals surface area contributed by atoms with Gasteiger partial charge < -0.3 is 15.1 Å². The van der Waals surface area contributed by atoms with Crippen LogP contribution < -0.4 is 0 Å². The van der Waals surface area contributed by atoms with Crippen molar-refractivity contribution in [3.8, 4) is 11.8 Å². The summed E-state index contributed by atoms with van der Waals surface area (Å²) >= 11 is 0. The van der Waals surface area contributed by atoms with Crippen molar-refractivity contribution in [1.82, 2.24) is 4.90 Å². The molecule has 0 heterocycles. The average molecular weight is 430 g/mol. The van der Waals surface area contributed by atoms with Crippen LogP contribution in [-0.4, -0.2) is 45.8 Å². The summed E-state index contributed by atoms with van der Waals surface area (Å²) in [5.74, 6) is 7.33. The first-order chi connectivity index (χ1) is 14.5. The van der Waals surface area contributed by atoms with Crippen molar-refractivity contribution in [3.63, 3.8) is 0 Å². The molecule has 2 aliphatic rings. The highest BCUT2D eigenvalue weighted by Gasteiger charge is 2.45. The number of carbonyl (C=O) groups is 1. The van der Waals surface area contributed by atoms with Crippen molar-refractivity contribution in [2.24, 2.45) is 23.7 Å². The number of nitrogens with zero attached hydrogens (tertiary/aromatic N) is 1. The van der Waals surface area contributed by atoms with Gasteiger partial charge in [0.05, 0.1) is 12.2 Å². The third kappa shape index (κ3) is 7.22. The maximum absolute atomic E-state index is 12.3. The first kappa shape index (κ1) is 25.7. The lowest BCUT2D eigenvalue weighted by atomic mass is 9.89. The van der Waals surface area contributed by atoms with Crippen LogP contribution >= 0.6 is 0 Å². The Balaban J connectivity index is 1.85. The van der Waals surface area contributed by atoms with Crippen LogP contribution in [0, 0.1) is 35.5 Å². The fraction of sp³-hybridized carbons (Fsp3) is 0.741. The Bertz CT molecular complexity index is 721. The van der Waals surface area contributed by atoms with Crippen LogP contribution in [0.4, 0.5) is 0 Å². The van der Waals surface area contributed by atoms with Gasteiger partial charge >= 0.3 is 0 Å². The van der Waals surface area contributed by atoms with Crippen molar-refractivity contribution in [1.29, 1.82) is 0 Å². The van der Waals surface area contributed by atoms with Crippen molar-refractivity contribution in [2.75, 3.05) is 7.05 Å². The fourth-order valence-electron chi connectivity index (χ4n) is 4.86. The largest absolute Gasteiger partial charge is 0.392 e. The monoisotopic (exact) mass is 429 g/mol. The number of aliphatic hydroxyl groups is 2. The second-order valence-electron chi connectivity index (χ2n) is 10.6. The molecular weight excluding hydrogens is 386 g/mol. The van der Waals surface area contributed by atoms with E-state index in [1.807, 2.05) is 31.9 Å². The second kappa shape index (κ2) is 11.3. The minimum Gasteiger partial charge on any atom is -0.392 e. The van der Waals surface area contributed by atoms with Crippen molar-refractivity contribution >= 4 is 5.91 Å². The zero-order chi connectivity index (χ0) is 23.2.